The summed E-state index contributed by atoms with van der Waals surface area (Å²) in [6, 6.07) is 0. The lowest BCUT2D eigenvalue weighted by molar-refractivity contribution is -0.00000147. The van der Waals surface area contributed by atoms with Gasteiger partial charge in [-0.05, 0) is 13.8 Å². The standard InChI is InChI=1S/2C3H6.ClH/c2*1-3-2;/h2*3H,1H2,2H3;1H/p-1. The van der Waals surface area contributed by atoms with Gasteiger partial charge in [-0.25, -0.2) is 0 Å². The third-order valence-corrected chi connectivity index (χ3v) is 0. The van der Waals surface area contributed by atoms with Crippen LogP contribution in [0.2, 0.25) is 0 Å². The summed E-state index contributed by atoms with van der Waals surface area (Å²) in [4.78, 5) is 0. The van der Waals surface area contributed by atoms with Gasteiger partial charge in [-0.3, -0.25) is 0 Å². The van der Waals surface area contributed by atoms with Crippen LogP contribution in [0.25, 0.3) is 0 Å². The molecule has 0 fully saturated rings. The number of halogens is 1. The van der Waals surface area contributed by atoms with Crippen molar-refractivity contribution >= 4 is 0 Å². The largest absolute Gasteiger partial charge is 1.00 e. The normalized spacial score (nSPS) is 3.71. The molecule has 0 heterocycles. The number of hydrogen-bond donors (Lipinski definition) is 0. The zero-order chi connectivity index (χ0) is 5.41. The quantitative estimate of drug-likeness (QED) is 0.373. The molecule has 0 aliphatic heterocycles. The summed E-state index contributed by atoms with van der Waals surface area (Å²) in [6.45, 7) is 10.5. The van der Waals surface area contributed by atoms with E-state index in [4.69, 9.17) is 0 Å². The third kappa shape index (κ3) is 1550. The third-order valence-electron chi connectivity index (χ3n) is 0. The molecule has 1 heteroatoms. The Kier molecular flexibility index (Phi) is 94.9. The average Bonchev–Trinajstić information content (AvgIpc) is 1.39. The van der Waals surface area contributed by atoms with E-state index < -0.39 is 0 Å². The Morgan fingerprint density at radius 2 is 1.00 bits per heavy atom. The Balaban J connectivity index is -0.0000000400. The molecule has 7 heavy (non-hydrogen) atoms. The second-order valence-electron chi connectivity index (χ2n) is 0.816. The van der Waals surface area contributed by atoms with Crippen LogP contribution in [0.3, 0.4) is 0 Å². The highest BCUT2D eigenvalue weighted by Crippen LogP contribution is 1.38. The monoisotopic (exact) mass is 119 g/mol. The molecule has 0 unspecified atom stereocenters. The van der Waals surface area contributed by atoms with E-state index in [0.29, 0.717) is 0 Å². The molecule has 0 spiro atoms. The maximum atomic E-state index is 3.36. The molecular weight excluding hydrogens is 108 g/mol. The molecule has 0 aliphatic rings. The van der Waals surface area contributed by atoms with Crippen LogP contribution in [-0.2, 0) is 0 Å². The Bertz CT molecular complexity index is 25.2. The van der Waals surface area contributed by atoms with Crippen molar-refractivity contribution < 1.29 is 12.4 Å². The Morgan fingerprint density at radius 1 is 1.00 bits per heavy atom. The van der Waals surface area contributed by atoms with E-state index in [2.05, 4.69) is 13.2 Å². The van der Waals surface area contributed by atoms with Gasteiger partial charge in [0.1, 0.15) is 0 Å². The number of hydrogen-bond acceptors (Lipinski definition) is 0. The average molecular weight is 120 g/mol. The fourth-order valence-electron chi connectivity index (χ4n) is 0. The predicted molar refractivity (Wildman–Crippen MR) is 31.7 cm³/mol. The number of rotatable bonds is 0. The molecule has 0 saturated carbocycles. The molecule has 0 radical (unpaired) electrons. The van der Waals surface area contributed by atoms with Crippen molar-refractivity contribution in [2.24, 2.45) is 0 Å². The van der Waals surface area contributed by atoms with Gasteiger partial charge < -0.3 is 12.4 Å². The molecule has 0 N–H and O–H groups in total. The molecule has 0 aromatic rings. The van der Waals surface area contributed by atoms with Gasteiger partial charge in [0.15, 0.2) is 0 Å². The van der Waals surface area contributed by atoms with E-state index in [1.165, 1.54) is 0 Å². The predicted octanol–water partition coefficient (Wildman–Crippen LogP) is -0.611. The Hall–Kier alpha value is -0.230. The fourth-order valence-corrected chi connectivity index (χ4v) is 0. The lowest BCUT2D eigenvalue weighted by Gasteiger charge is -1.31. The van der Waals surface area contributed by atoms with Crippen LogP contribution in [0.15, 0.2) is 25.3 Å². The first-order valence-corrected chi connectivity index (χ1v) is 1.97. The lowest BCUT2D eigenvalue weighted by atomic mass is 10.8. The van der Waals surface area contributed by atoms with Gasteiger partial charge in [-0.15, -0.1) is 13.2 Å². The molecule has 0 aromatic heterocycles. The van der Waals surface area contributed by atoms with Crippen LogP contribution in [0.4, 0.5) is 0 Å². The van der Waals surface area contributed by atoms with Gasteiger partial charge in [0, 0.05) is 0 Å². The van der Waals surface area contributed by atoms with Crippen molar-refractivity contribution in [2.45, 2.75) is 13.8 Å². The second kappa shape index (κ2) is 41.9. The van der Waals surface area contributed by atoms with E-state index in [-0.39, 0.29) is 12.4 Å². The minimum atomic E-state index is 0. The first kappa shape index (κ1) is 15.9. The van der Waals surface area contributed by atoms with Gasteiger partial charge in [-0.1, -0.05) is 12.2 Å². The SMILES string of the molecule is C=CC.C=CC.[Cl-]. The van der Waals surface area contributed by atoms with Crippen molar-refractivity contribution in [1.29, 1.82) is 0 Å². The summed E-state index contributed by atoms with van der Waals surface area (Å²) in [5, 5.41) is 0. The first-order chi connectivity index (χ1) is 2.83. The molecule has 0 aliphatic carbocycles. The van der Waals surface area contributed by atoms with Gasteiger partial charge in [0.2, 0.25) is 0 Å². The molecule has 0 saturated heterocycles. The number of allylic oxidation sites excluding steroid dienone is 2. The van der Waals surface area contributed by atoms with Crippen molar-refractivity contribution in [3.05, 3.63) is 25.3 Å². The van der Waals surface area contributed by atoms with Crippen LogP contribution in [0, 0.1) is 0 Å². The van der Waals surface area contributed by atoms with E-state index in [1.807, 2.05) is 13.8 Å². The van der Waals surface area contributed by atoms with Gasteiger partial charge in [0.25, 0.3) is 0 Å². The van der Waals surface area contributed by atoms with E-state index in [1.54, 1.807) is 12.2 Å². The van der Waals surface area contributed by atoms with E-state index in [0.717, 1.165) is 0 Å². The summed E-state index contributed by atoms with van der Waals surface area (Å²) >= 11 is 0. The van der Waals surface area contributed by atoms with Crippen LogP contribution < -0.4 is 12.4 Å². The molecule has 0 nitrogen and oxygen atoms in total. The zero-order valence-corrected chi connectivity index (χ0v) is 5.70. The topological polar surface area (TPSA) is 0 Å². The van der Waals surface area contributed by atoms with Crippen LogP contribution in [-0.4, -0.2) is 0 Å². The molecule has 44 valence electrons. The molecule has 0 amide bonds. The molecule has 0 rings (SSSR count). The smallest absolute Gasteiger partial charge is 0.0473 e. The summed E-state index contributed by atoms with van der Waals surface area (Å²) in [6.07, 6.45) is 3.50. The summed E-state index contributed by atoms with van der Waals surface area (Å²) < 4.78 is 0. The van der Waals surface area contributed by atoms with Crippen molar-refractivity contribution in [1.82, 2.24) is 0 Å². The molecule has 0 bridgehead atoms. The van der Waals surface area contributed by atoms with E-state index >= 15 is 0 Å². The highest BCUT2D eigenvalue weighted by atomic mass is 35.5. The van der Waals surface area contributed by atoms with Gasteiger partial charge in [0.05, 0.1) is 0 Å². The van der Waals surface area contributed by atoms with Crippen molar-refractivity contribution in [3.63, 3.8) is 0 Å². The summed E-state index contributed by atoms with van der Waals surface area (Å²) in [5.74, 6) is 0. The Morgan fingerprint density at radius 3 is 1.00 bits per heavy atom. The fraction of sp³-hybridized carbons (Fsp3) is 0.333. The maximum Gasteiger partial charge on any atom is -0.0473 e. The van der Waals surface area contributed by atoms with Crippen LogP contribution >= 0.6 is 0 Å². The van der Waals surface area contributed by atoms with Gasteiger partial charge in [-0.2, -0.15) is 0 Å². The maximum absolute atomic E-state index is 3.36. The van der Waals surface area contributed by atoms with Crippen LogP contribution in [0.5, 0.6) is 0 Å². The molecule has 0 atom stereocenters. The minimum absolute atomic E-state index is 0. The highest BCUT2D eigenvalue weighted by molar-refractivity contribution is 4.51. The van der Waals surface area contributed by atoms with E-state index in [9.17, 15) is 0 Å². The van der Waals surface area contributed by atoms with Crippen molar-refractivity contribution in [3.8, 4) is 0 Å². The summed E-state index contributed by atoms with van der Waals surface area (Å²) in [7, 11) is 0. The van der Waals surface area contributed by atoms with Gasteiger partial charge >= 0.3 is 0 Å². The second-order valence-corrected chi connectivity index (χ2v) is 0.816. The van der Waals surface area contributed by atoms with Crippen molar-refractivity contribution in [2.75, 3.05) is 0 Å². The summed E-state index contributed by atoms with van der Waals surface area (Å²) in [5.41, 5.74) is 0. The molecular formula is C6H12Cl-. The molecule has 0 aromatic carbocycles. The van der Waals surface area contributed by atoms with Crippen LogP contribution in [0.1, 0.15) is 13.8 Å². The Labute approximate surface area is 52.3 Å². The lowest BCUT2D eigenvalue weighted by Crippen LogP contribution is -3.00. The zero-order valence-electron chi connectivity index (χ0n) is 4.95. The highest BCUT2D eigenvalue weighted by Gasteiger charge is 1.15. The minimum Gasteiger partial charge on any atom is -1.00 e. The first-order valence-electron chi connectivity index (χ1n) is 1.97.